The van der Waals surface area contributed by atoms with Crippen molar-refractivity contribution in [3.63, 3.8) is 0 Å². The highest BCUT2D eigenvalue weighted by Crippen LogP contribution is 2.25. The molecular weight excluding hydrogens is 357 g/mol. The van der Waals surface area contributed by atoms with E-state index in [2.05, 4.69) is 10.4 Å². The highest BCUT2D eigenvalue weighted by Gasteiger charge is 2.14. The third kappa shape index (κ3) is 4.03. The number of hydrogen-bond donors (Lipinski definition) is 1. The molecule has 1 amide bonds. The van der Waals surface area contributed by atoms with Crippen molar-refractivity contribution in [2.45, 2.75) is 20.4 Å². The van der Waals surface area contributed by atoms with Crippen LogP contribution in [0.4, 0.5) is 5.69 Å². The van der Waals surface area contributed by atoms with Gasteiger partial charge in [0, 0.05) is 27.0 Å². The number of benzene rings is 2. The molecule has 0 aliphatic heterocycles. The Balaban J connectivity index is 1.80. The predicted octanol–water partition coefficient (Wildman–Crippen LogP) is 5.11. The molecule has 25 heavy (non-hydrogen) atoms. The summed E-state index contributed by atoms with van der Waals surface area (Å²) in [6.45, 7) is 4.29. The van der Waals surface area contributed by atoms with Crippen molar-refractivity contribution in [2.24, 2.45) is 0 Å². The van der Waals surface area contributed by atoms with Crippen molar-refractivity contribution < 1.29 is 4.79 Å². The summed E-state index contributed by atoms with van der Waals surface area (Å²) in [4.78, 5) is 12.4. The van der Waals surface area contributed by atoms with E-state index in [1.165, 1.54) is 0 Å². The summed E-state index contributed by atoms with van der Waals surface area (Å²) in [5.41, 5.74) is 3.85. The maximum atomic E-state index is 12.4. The molecule has 0 bridgehead atoms. The first-order chi connectivity index (χ1) is 11.9. The van der Waals surface area contributed by atoms with Crippen molar-refractivity contribution in [3.05, 3.63) is 81.1 Å². The van der Waals surface area contributed by atoms with Crippen molar-refractivity contribution in [1.82, 2.24) is 9.78 Å². The van der Waals surface area contributed by atoms with Gasteiger partial charge in [0.1, 0.15) is 0 Å². The molecule has 0 aliphatic carbocycles. The van der Waals surface area contributed by atoms with Gasteiger partial charge >= 0.3 is 0 Å². The summed E-state index contributed by atoms with van der Waals surface area (Å²) in [7, 11) is 0. The Morgan fingerprint density at radius 1 is 1.08 bits per heavy atom. The maximum absolute atomic E-state index is 12.4. The van der Waals surface area contributed by atoms with Crippen molar-refractivity contribution in [1.29, 1.82) is 0 Å². The first kappa shape index (κ1) is 17.5. The highest BCUT2D eigenvalue weighted by molar-refractivity contribution is 6.35. The van der Waals surface area contributed by atoms with Crippen molar-refractivity contribution >= 4 is 34.8 Å². The van der Waals surface area contributed by atoms with Gasteiger partial charge in [0.25, 0.3) is 5.91 Å². The minimum atomic E-state index is -0.254. The minimum absolute atomic E-state index is 0.254. The van der Waals surface area contributed by atoms with E-state index in [-0.39, 0.29) is 5.91 Å². The molecule has 0 aliphatic rings. The van der Waals surface area contributed by atoms with E-state index in [1.807, 2.05) is 38.1 Å². The number of aromatic nitrogens is 2. The van der Waals surface area contributed by atoms with Crippen LogP contribution < -0.4 is 5.32 Å². The molecular formula is C19H17Cl2N3O. The monoisotopic (exact) mass is 373 g/mol. The van der Waals surface area contributed by atoms with Crippen LogP contribution in [-0.4, -0.2) is 15.7 Å². The fraction of sp³-hybridized carbons (Fsp3) is 0.158. The molecule has 0 atom stereocenters. The van der Waals surface area contributed by atoms with E-state index < -0.39 is 0 Å². The van der Waals surface area contributed by atoms with E-state index in [0.29, 0.717) is 22.3 Å². The van der Waals surface area contributed by atoms with Gasteiger partial charge in [-0.15, -0.1) is 0 Å². The number of amides is 1. The molecule has 0 fully saturated rings. The minimum Gasteiger partial charge on any atom is -0.321 e. The van der Waals surface area contributed by atoms with Gasteiger partial charge in [0.2, 0.25) is 0 Å². The van der Waals surface area contributed by atoms with Crippen molar-refractivity contribution in [3.8, 4) is 0 Å². The fourth-order valence-electron chi connectivity index (χ4n) is 2.45. The highest BCUT2D eigenvalue weighted by atomic mass is 35.5. The van der Waals surface area contributed by atoms with E-state index in [0.717, 1.165) is 22.5 Å². The van der Waals surface area contributed by atoms with E-state index in [1.54, 1.807) is 28.9 Å². The van der Waals surface area contributed by atoms with Crippen LogP contribution in [0.2, 0.25) is 10.0 Å². The number of carbonyl (C=O) groups is 1. The summed E-state index contributed by atoms with van der Waals surface area (Å²) in [6, 6.07) is 14.7. The molecule has 4 nitrogen and oxygen atoms in total. The molecule has 0 spiro atoms. The van der Waals surface area contributed by atoms with Gasteiger partial charge < -0.3 is 5.32 Å². The van der Waals surface area contributed by atoms with Gasteiger partial charge in [0.15, 0.2) is 5.69 Å². The average molecular weight is 374 g/mol. The Bertz CT molecular complexity index is 897. The molecule has 0 radical (unpaired) electrons. The Morgan fingerprint density at radius 2 is 1.72 bits per heavy atom. The van der Waals surface area contributed by atoms with E-state index >= 15 is 0 Å². The molecule has 3 rings (SSSR count). The third-order valence-corrected chi connectivity index (χ3v) is 4.60. The van der Waals surface area contributed by atoms with Gasteiger partial charge in [-0.1, -0.05) is 47.0 Å². The Labute approximate surface area is 156 Å². The van der Waals surface area contributed by atoms with Crippen LogP contribution in [0.15, 0.2) is 48.5 Å². The molecule has 1 N–H and O–H groups in total. The second kappa shape index (κ2) is 7.30. The lowest BCUT2D eigenvalue weighted by molar-refractivity contribution is 0.102. The number of aryl methyl sites for hydroxylation is 2. The third-order valence-electron chi connectivity index (χ3n) is 3.89. The molecule has 0 saturated carbocycles. The van der Waals surface area contributed by atoms with Crippen molar-refractivity contribution in [2.75, 3.05) is 5.32 Å². The van der Waals surface area contributed by atoms with Gasteiger partial charge in [-0.3, -0.25) is 9.48 Å². The van der Waals surface area contributed by atoms with Crippen LogP contribution in [0.1, 0.15) is 27.3 Å². The Hall–Kier alpha value is -2.30. The molecule has 6 heteroatoms. The first-order valence-electron chi connectivity index (χ1n) is 7.79. The summed E-state index contributed by atoms with van der Waals surface area (Å²) in [5, 5.41) is 8.39. The zero-order valence-corrected chi connectivity index (χ0v) is 15.4. The molecule has 1 heterocycles. The second-order valence-corrected chi connectivity index (χ2v) is 6.66. The normalized spacial score (nSPS) is 10.7. The van der Waals surface area contributed by atoms with E-state index in [4.69, 9.17) is 23.2 Å². The summed E-state index contributed by atoms with van der Waals surface area (Å²) < 4.78 is 1.72. The second-order valence-electron chi connectivity index (χ2n) is 5.85. The zero-order chi connectivity index (χ0) is 18.0. The molecule has 128 valence electrons. The van der Waals surface area contributed by atoms with E-state index in [9.17, 15) is 4.79 Å². The quantitative estimate of drug-likeness (QED) is 0.690. The van der Waals surface area contributed by atoms with Gasteiger partial charge in [0.05, 0.1) is 6.54 Å². The fourth-order valence-corrected chi connectivity index (χ4v) is 2.96. The number of nitrogens with zero attached hydrogens (tertiary/aromatic N) is 2. The van der Waals surface area contributed by atoms with Crippen LogP contribution in [0.3, 0.4) is 0 Å². The number of nitrogens with one attached hydrogen (secondary N) is 1. The summed E-state index contributed by atoms with van der Waals surface area (Å²) in [6.07, 6.45) is 0. The molecule has 0 saturated heterocycles. The van der Waals surface area contributed by atoms with Crippen LogP contribution in [0, 0.1) is 13.8 Å². The summed E-state index contributed by atoms with van der Waals surface area (Å²) in [5.74, 6) is -0.254. The average Bonchev–Trinajstić information content (AvgIpc) is 2.94. The standard InChI is InChI=1S/C19H17Cl2N3O/c1-12-6-8-14(9-7-12)22-19(25)18-10-13(2)24(23-18)11-15-16(20)4-3-5-17(15)21/h3-10H,11H2,1-2H3,(H,22,25). The predicted molar refractivity (Wildman–Crippen MR) is 102 cm³/mol. The molecule has 0 unspecified atom stereocenters. The van der Waals surface area contributed by atoms with Crippen LogP contribution in [0.25, 0.3) is 0 Å². The number of carbonyl (C=O) groups excluding carboxylic acids is 1. The van der Waals surface area contributed by atoms with Gasteiger partial charge in [-0.2, -0.15) is 5.10 Å². The number of hydrogen-bond acceptors (Lipinski definition) is 2. The van der Waals surface area contributed by atoms with Crippen LogP contribution in [0.5, 0.6) is 0 Å². The van der Waals surface area contributed by atoms with Gasteiger partial charge in [-0.25, -0.2) is 0 Å². The Kier molecular flexibility index (Phi) is 5.11. The molecule has 1 aromatic heterocycles. The lowest BCUT2D eigenvalue weighted by Crippen LogP contribution is -2.13. The summed E-state index contributed by atoms with van der Waals surface area (Å²) >= 11 is 12.4. The smallest absolute Gasteiger partial charge is 0.276 e. The number of halogens is 2. The first-order valence-corrected chi connectivity index (χ1v) is 8.55. The number of anilines is 1. The lowest BCUT2D eigenvalue weighted by Gasteiger charge is -2.08. The molecule has 2 aromatic carbocycles. The van der Waals surface area contributed by atoms with Gasteiger partial charge in [-0.05, 0) is 44.2 Å². The largest absolute Gasteiger partial charge is 0.321 e. The lowest BCUT2D eigenvalue weighted by atomic mass is 10.2. The zero-order valence-electron chi connectivity index (χ0n) is 13.9. The maximum Gasteiger partial charge on any atom is 0.276 e. The van der Waals surface area contributed by atoms with Crippen LogP contribution in [-0.2, 0) is 6.54 Å². The Morgan fingerprint density at radius 3 is 2.36 bits per heavy atom. The molecule has 3 aromatic rings. The topological polar surface area (TPSA) is 46.9 Å². The SMILES string of the molecule is Cc1ccc(NC(=O)c2cc(C)n(Cc3c(Cl)cccc3Cl)n2)cc1. The van der Waals surface area contributed by atoms with Crippen LogP contribution >= 0.6 is 23.2 Å². The number of rotatable bonds is 4.